The highest BCUT2D eigenvalue weighted by Crippen LogP contribution is 2.08. The van der Waals surface area contributed by atoms with Crippen LogP contribution in [-0.2, 0) is 6.54 Å². The molecule has 1 N–H and O–H groups in total. The molecule has 8 nitrogen and oxygen atoms in total. The predicted molar refractivity (Wildman–Crippen MR) is 62.0 cm³/mol. The number of aromatic nitrogens is 4. The summed E-state index contributed by atoms with van der Waals surface area (Å²) in [6.07, 6.45) is 5.57. The van der Waals surface area contributed by atoms with Gasteiger partial charge in [0, 0.05) is 12.4 Å². The number of nitrogens with zero attached hydrogens (tertiary/aromatic N) is 4. The van der Waals surface area contributed by atoms with Crippen molar-refractivity contribution in [3.63, 3.8) is 0 Å². The van der Waals surface area contributed by atoms with Gasteiger partial charge in [-0.2, -0.15) is 0 Å². The number of aromatic carboxylic acids is 1. The lowest BCUT2D eigenvalue weighted by Gasteiger charge is -1.93. The van der Waals surface area contributed by atoms with Crippen molar-refractivity contribution in [1.82, 2.24) is 19.2 Å². The van der Waals surface area contributed by atoms with Crippen molar-refractivity contribution in [2.75, 3.05) is 0 Å². The topological polar surface area (TPSA) is 103 Å². The molecule has 0 saturated carbocycles. The Morgan fingerprint density at radius 3 is 3.00 bits per heavy atom. The van der Waals surface area contributed by atoms with Gasteiger partial charge in [0.25, 0.3) is 0 Å². The van der Waals surface area contributed by atoms with Gasteiger partial charge >= 0.3 is 11.7 Å². The van der Waals surface area contributed by atoms with Gasteiger partial charge in [-0.25, -0.2) is 18.7 Å². The Morgan fingerprint density at radius 1 is 1.47 bits per heavy atom. The lowest BCUT2D eigenvalue weighted by molar-refractivity contribution is 0.0696. The summed E-state index contributed by atoms with van der Waals surface area (Å²) in [4.78, 5) is 26.5. The third-order valence-corrected chi connectivity index (χ3v) is 2.59. The number of fused-ring (bicyclic) bond motifs is 1. The van der Waals surface area contributed by atoms with E-state index >= 15 is 0 Å². The van der Waals surface area contributed by atoms with Crippen LogP contribution in [0.5, 0.6) is 0 Å². The van der Waals surface area contributed by atoms with E-state index in [4.69, 9.17) is 9.52 Å². The smallest absolute Gasteiger partial charge is 0.350 e. The summed E-state index contributed by atoms with van der Waals surface area (Å²) in [6.45, 7) is 0.0633. The van der Waals surface area contributed by atoms with E-state index in [1.165, 1.54) is 33.7 Å². The molecule has 3 aromatic heterocycles. The van der Waals surface area contributed by atoms with Crippen LogP contribution in [0.3, 0.4) is 0 Å². The molecule has 0 aliphatic carbocycles. The van der Waals surface area contributed by atoms with E-state index in [9.17, 15) is 9.59 Å². The monoisotopic (exact) mass is 260 g/mol. The first-order valence-corrected chi connectivity index (χ1v) is 5.35. The van der Waals surface area contributed by atoms with Crippen molar-refractivity contribution in [1.29, 1.82) is 0 Å². The lowest BCUT2D eigenvalue weighted by Crippen LogP contribution is -2.21. The van der Waals surface area contributed by atoms with Gasteiger partial charge in [0.15, 0.2) is 5.65 Å². The first kappa shape index (κ1) is 11.2. The van der Waals surface area contributed by atoms with Crippen LogP contribution in [0.2, 0.25) is 0 Å². The number of carboxylic acids is 1. The Kier molecular flexibility index (Phi) is 2.41. The van der Waals surface area contributed by atoms with E-state index in [0.717, 1.165) is 6.26 Å². The van der Waals surface area contributed by atoms with Crippen LogP contribution < -0.4 is 5.69 Å². The third kappa shape index (κ3) is 1.88. The molecule has 0 unspecified atom stereocenters. The van der Waals surface area contributed by atoms with Gasteiger partial charge in [-0.1, -0.05) is 0 Å². The number of hydrogen-bond donors (Lipinski definition) is 1. The second-order valence-corrected chi connectivity index (χ2v) is 3.85. The molecule has 0 amide bonds. The average Bonchev–Trinajstić information content (AvgIpc) is 2.97. The minimum absolute atomic E-state index is 0.0356. The second kappa shape index (κ2) is 4.09. The van der Waals surface area contributed by atoms with Crippen LogP contribution in [0.1, 0.15) is 16.1 Å². The van der Waals surface area contributed by atoms with Crippen LogP contribution in [0.25, 0.3) is 5.65 Å². The van der Waals surface area contributed by atoms with E-state index in [1.807, 2.05) is 0 Å². The van der Waals surface area contributed by atoms with Crippen molar-refractivity contribution in [2.45, 2.75) is 6.54 Å². The Bertz CT molecular complexity index is 813. The fourth-order valence-electron chi connectivity index (χ4n) is 1.71. The maximum atomic E-state index is 12.0. The molecule has 3 heterocycles. The number of carbonyl (C=O) groups is 1. The molecule has 0 spiro atoms. The van der Waals surface area contributed by atoms with Crippen molar-refractivity contribution >= 4 is 11.6 Å². The maximum absolute atomic E-state index is 12.0. The van der Waals surface area contributed by atoms with Crippen LogP contribution in [-0.4, -0.2) is 30.2 Å². The maximum Gasteiger partial charge on any atom is 0.350 e. The van der Waals surface area contributed by atoms with Crippen molar-refractivity contribution in [3.8, 4) is 0 Å². The van der Waals surface area contributed by atoms with E-state index in [1.54, 1.807) is 0 Å². The predicted octanol–water partition coefficient (Wildman–Crippen LogP) is 0.230. The Balaban J connectivity index is 1.98. The summed E-state index contributed by atoms with van der Waals surface area (Å²) >= 11 is 0. The van der Waals surface area contributed by atoms with E-state index in [2.05, 4.69) is 10.1 Å². The van der Waals surface area contributed by atoms with Crippen LogP contribution in [0.15, 0.2) is 40.1 Å². The molecule has 0 saturated heterocycles. The quantitative estimate of drug-likeness (QED) is 0.723. The Labute approximate surface area is 105 Å². The zero-order chi connectivity index (χ0) is 13.4. The van der Waals surface area contributed by atoms with Crippen LogP contribution in [0.4, 0.5) is 0 Å². The van der Waals surface area contributed by atoms with Crippen LogP contribution >= 0.6 is 0 Å². The number of hydrogen-bond acceptors (Lipinski definition) is 5. The van der Waals surface area contributed by atoms with Gasteiger partial charge in [-0.3, -0.25) is 4.98 Å². The zero-order valence-electron chi connectivity index (χ0n) is 9.55. The Hall–Kier alpha value is -2.90. The molecule has 0 atom stereocenters. The second-order valence-electron chi connectivity index (χ2n) is 3.85. The standard InChI is InChI=1S/C11H8N4O4/c16-10(17)7-3-8(19-6-7)5-15-11(18)14-2-1-12-4-9(14)13-15/h1-4,6H,5H2,(H,16,17). The van der Waals surface area contributed by atoms with Crippen molar-refractivity contribution in [3.05, 3.63) is 52.7 Å². The molecule has 3 rings (SSSR count). The first-order chi connectivity index (χ1) is 9.15. The highest BCUT2D eigenvalue weighted by molar-refractivity contribution is 5.87. The molecule has 3 aromatic rings. The van der Waals surface area contributed by atoms with Gasteiger partial charge in [0.1, 0.15) is 18.6 Å². The fourth-order valence-corrected chi connectivity index (χ4v) is 1.71. The first-order valence-electron chi connectivity index (χ1n) is 5.35. The normalized spacial score (nSPS) is 10.9. The fraction of sp³-hybridized carbons (Fsp3) is 0.0909. The highest BCUT2D eigenvalue weighted by Gasteiger charge is 2.12. The molecular weight excluding hydrogens is 252 g/mol. The molecule has 0 bridgehead atoms. The minimum Gasteiger partial charge on any atom is -0.478 e. The van der Waals surface area contributed by atoms with Gasteiger partial charge < -0.3 is 9.52 Å². The number of furan rings is 1. The summed E-state index contributed by atoms with van der Waals surface area (Å²) in [7, 11) is 0. The molecule has 0 fully saturated rings. The van der Waals surface area contributed by atoms with Gasteiger partial charge in [0.2, 0.25) is 0 Å². The zero-order valence-corrected chi connectivity index (χ0v) is 9.55. The summed E-state index contributed by atoms with van der Waals surface area (Å²) in [6, 6.07) is 1.36. The van der Waals surface area contributed by atoms with Crippen molar-refractivity contribution < 1.29 is 14.3 Å². The molecule has 96 valence electrons. The number of rotatable bonds is 3. The minimum atomic E-state index is -1.08. The largest absolute Gasteiger partial charge is 0.478 e. The molecule has 0 aliphatic rings. The van der Waals surface area contributed by atoms with Crippen LogP contribution in [0, 0.1) is 0 Å². The summed E-state index contributed by atoms with van der Waals surface area (Å²) < 4.78 is 7.60. The highest BCUT2D eigenvalue weighted by atomic mass is 16.4. The third-order valence-electron chi connectivity index (χ3n) is 2.59. The van der Waals surface area contributed by atoms with Crippen molar-refractivity contribution in [2.24, 2.45) is 0 Å². The molecule has 0 aromatic carbocycles. The molecule has 0 radical (unpaired) electrons. The SMILES string of the molecule is O=C(O)c1coc(Cn2nc3cnccn3c2=O)c1. The Morgan fingerprint density at radius 2 is 2.32 bits per heavy atom. The van der Waals surface area contributed by atoms with E-state index in [-0.39, 0.29) is 17.8 Å². The van der Waals surface area contributed by atoms with Gasteiger partial charge in [-0.05, 0) is 6.07 Å². The van der Waals surface area contributed by atoms with Gasteiger partial charge in [-0.15, -0.1) is 5.10 Å². The summed E-state index contributed by atoms with van der Waals surface area (Å²) in [5.74, 6) is -0.739. The summed E-state index contributed by atoms with van der Waals surface area (Å²) in [5, 5.41) is 12.8. The van der Waals surface area contributed by atoms with E-state index < -0.39 is 5.97 Å². The molecule has 0 aliphatic heterocycles. The summed E-state index contributed by atoms with van der Waals surface area (Å²) in [5.41, 5.74) is 0.108. The average molecular weight is 260 g/mol. The molecular formula is C11H8N4O4. The molecule has 8 heteroatoms. The van der Waals surface area contributed by atoms with E-state index in [0.29, 0.717) is 11.4 Å². The molecule has 19 heavy (non-hydrogen) atoms. The lowest BCUT2D eigenvalue weighted by atomic mass is 10.3. The number of carboxylic acid groups (broad SMARTS) is 1. The van der Waals surface area contributed by atoms with Gasteiger partial charge in [0.05, 0.1) is 11.8 Å².